The first kappa shape index (κ1) is 15.0. The van der Waals surface area contributed by atoms with Crippen LogP contribution in [0.2, 0.25) is 0 Å². The second-order valence-electron chi connectivity index (χ2n) is 4.74. The van der Waals surface area contributed by atoms with Crippen molar-refractivity contribution in [2.45, 2.75) is 33.3 Å². The molecule has 0 saturated heterocycles. The summed E-state index contributed by atoms with van der Waals surface area (Å²) in [5.41, 5.74) is 0.492. The lowest BCUT2D eigenvalue weighted by Crippen LogP contribution is -2.04. The zero-order chi connectivity index (χ0) is 15.2. The Morgan fingerprint density at radius 2 is 2.00 bits per heavy atom. The van der Waals surface area contributed by atoms with Gasteiger partial charge in [-0.05, 0) is 31.2 Å². The first-order chi connectivity index (χ1) is 10.1. The summed E-state index contributed by atoms with van der Waals surface area (Å²) in [7, 11) is 0. The van der Waals surface area contributed by atoms with Gasteiger partial charge in [0, 0.05) is 5.92 Å². The molecule has 0 radical (unpaired) electrons. The minimum atomic E-state index is -0.344. The monoisotopic (exact) mass is 290 g/mol. The molecule has 1 aromatic heterocycles. The highest BCUT2D eigenvalue weighted by molar-refractivity contribution is 5.89. The zero-order valence-corrected chi connectivity index (χ0v) is 12.3. The molecule has 0 spiro atoms. The van der Waals surface area contributed by atoms with Crippen molar-refractivity contribution < 1.29 is 18.8 Å². The van der Waals surface area contributed by atoms with Gasteiger partial charge in [-0.15, -0.1) is 0 Å². The van der Waals surface area contributed by atoms with Crippen molar-refractivity contribution in [1.82, 2.24) is 10.1 Å². The molecule has 0 unspecified atom stereocenters. The van der Waals surface area contributed by atoms with E-state index in [4.69, 9.17) is 14.0 Å². The Hall–Kier alpha value is -2.37. The summed E-state index contributed by atoms with van der Waals surface area (Å²) >= 11 is 0. The van der Waals surface area contributed by atoms with Gasteiger partial charge in [0.2, 0.25) is 11.7 Å². The van der Waals surface area contributed by atoms with Crippen molar-refractivity contribution in [2.75, 3.05) is 6.61 Å². The lowest BCUT2D eigenvalue weighted by molar-refractivity contribution is 0.0526. The molecular weight excluding hydrogens is 272 g/mol. The summed E-state index contributed by atoms with van der Waals surface area (Å²) in [6.45, 7) is 6.30. The van der Waals surface area contributed by atoms with Crippen LogP contribution in [0.4, 0.5) is 0 Å². The van der Waals surface area contributed by atoms with Crippen molar-refractivity contribution in [3.05, 3.63) is 41.5 Å². The third-order valence-corrected chi connectivity index (χ3v) is 2.71. The molecule has 0 bridgehead atoms. The molecule has 0 aliphatic carbocycles. The normalized spacial score (nSPS) is 10.7. The molecule has 0 N–H and O–H groups in total. The van der Waals surface area contributed by atoms with Gasteiger partial charge in [-0.3, -0.25) is 0 Å². The number of hydrogen-bond donors (Lipinski definition) is 0. The van der Waals surface area contributed by atoms with Gasteiger partial charge < -0.3 is 14.0 Å². The van der Waals surface area contributed by atoms with E-state index in [0.717, 1.165) is 0 Å². The minimum Gasteiger partial charge on any atom is -0.485 e. The summed E-state index contributed by atoms with van der Waals surface area (Å²) in [4.78, 5) is 15.7. The Bertz CT molecular complexity index is 590. The number of rotatable bonds is 6. The smallest absolute Gasteiger partial charge is 0.338 e. The summed E-state index contributed by atoms with van der Waals surface area (Å²) in [6, 6.07) is 6.72. The standard InChI is InChI=1S/C15H18N2O4/c1-4-19-15(18)11-5-7-12(8-6-11)20-9-13-16-14(10(2)3)21-17-13/h5-8,10H,4,9H2,1-3H3. The van der Waals surface area contributed by atoms with E-state index in [0.29, 0.717) is 29.6 Å². The summed E-state index contributed by atoms with van der Waals surface area (Å²) in [6.07, 6.45) is 0. The van der Waals surface area contributed by atoms with Crippen LogP contribution in [0.15, 0.2) is 28.8 Å². The lowest BCUT2D eigenvalue weighted by atomic mass is 10.2. The Labute approximate surface area is 123 Å². The van der Waals surface area contributed by atoms with Crippen LogP contribution < -0.4 is 4.74 Å². The van der Waals surface area contributed by atoms with E-state index < -0.39 is 0 Å². The maximum absolute atomic E-state index is 11.5. The molecule has 1 heterocycles. The van der Waals surface area contributed by atoms with Crippen LogP contribution >= 0.6 is 0 Å². The quantitative estimate of drug-likeness (QED) is 0.761. The Morgan fingerprint density at radius 1 is 1.29 bits per heavy atom. The SMILES string of the molecule is CCOC(=O)c1ccc(OCc2noc(C(C)C)n2)cc1. The fourth-order valence-corrected chi connectivity index (χ4v) is 1.61. The number of carbonyl (C=O) groups is 1. The molecule has 1 aromatic carbocycles. The second-order valence-corrected chi connectivity index (χ2v) is 4.74. The molecular formula is C15H18N2O4. The van der Waals surface area contributed by atoms with Crippen molar-refractivity contribution >= 4 is 5.97 Å². The van der Waals surface area contributed by atoms with E-state index in [-0.39, 0.29) is 18.5 Å². The van der Waals surface area contributed by atoms with Gasteiger partial charge in [0.25, 0.3) is 0 Å². The van der Waals surface area contributed by atoms with E-state index in [9.17, 15) is 4.79 Å². The summed E-state index contributed by atoms with van der Waals surface area (Å²) in [5.74, 6) is 1.55. The Morgan fingerprint density at radius 3 is 2.57 bits per heavy atom. The van der Waals surface area contributed by atoms with Crippen LogP contribution in [0.3, 0.4) is 0 Å². The van der Waals surface area contributed by atoms with Gasteiger partial charge in [0.05, 0.1) is 12.2 Å². The largest absolute Gasteiger partial charge is 0.485 e. The highest BCUT2D eigenvalue weighted by Crippen LogP contribution is 2.15. The fourth-order valence-electron chi connectivity index (χ4n) is 1.61. The number of carbonyl (C=O) groups excluding carboxylic acids is 1. The van der Waals surface area contributed by atoms with E-state index >= 15 is 0 Å². The molecule has 0 atom stereocenters. The molecule has 0 amide bonds. The van der Waals surface area contributed by atoms with Gasteiger partial charge in [0.15, 0.2) is 6.61 Å². The predicted octanol–water partition coefficient (Wildman–Crippen LogP) is 2.95. The van der Waals surface area contributed by atoms with Crippen LogP contribution in [0.5, 0.6) is 5.75 Å². The topological polar surface area (TPSA) is 74.5 Å². The van der Waals surface area contributed by atoms with Crippen molar-refractivity contribution in [1.29, 1.82) is 0 Å². The molecule has 6 heteroatoms. The highest BCUT2D eigenvalue weighted by Gasteiger charge is 2.10. The first-order valence-corrected chi connectivity index (χ1v) is 6.82. The Kier molecular flexibility index (Phi) is 4.92. The molecule has 0 saturated carbocycles. The number of esters is 1. The van der Waals surface area contributed by atoms with Crippen LogP contribution in [0.1, 0.15) is 48.8 Å². The van der Waals surface area contributed by atoms with Crippen molar-refractivity contribution in [3.63, 3.8) is 0 Å². The van der Waals surface area contributed by atoms with Crippen LogP contribution in [-0.4, -0.2) is 22.7 Å². The number of hydrogen-bond acceptors (Lipinski definition) is 6. The van der Waals surface area contributed by atoms with Crippen LogP contribution in [-0.2, 0) is 11.3 Å². The molecule has 2 rings (SSSR count). The number of benzene rings is 1. The average Bonchev–Trinajstić information content (AvgIpc) is 2.95. The van der Waals surface area contributed by atoms with E-state index in [1.807, 2.05) is 13.8 Å². The third kappa shape index (κ3) is 4.05. The summed E-state index contributed by atoms with van der Waals surface area (Å²) in [5, 5.41) is 3.84. The molecule has 0 aliphatic heterocycles. The van der Waals surface area contributed by atoms with E-state index in [1.54, 1.807) is 31.2 Å². The molecule has 6 nitrogen and oxygen atoms in total. The molecule has 21 heavy (non-hydrogen) atoms. The first-order valence-electron chi connectivity index (χ1n) is 6.82. The molecule has 112 valence electrons. The average molecular weight is 290 g/mol. The van der Waals surface area contributed by atoms with Crippen molar-refractivity contribution in [2.24, 2.45) is 0 Å². The third-order valence-electron chi connectivity index (χ3n) is 2.71. The van der Waals surface area contributed by atoms with Crippen molar-refractivity contribution in [3.8, 4) is 5.75 Å². The predicted molar refractivity (Wildman–Crippen MR) is 75.1 cm³/mol. The van der Waals surface area contributed by atoms with E-state index in [1.165, 1.54) is 0 Å². The highest BCUT2D eigenvalue weighted by atomic mass is 16.5. The molecule has 0 fully saturated rings. The second kappa shape index (κ2) is 6.88. The fraction of sp³-hybridized carbons (Fsp3) is 0.400. The molecule has 0 aliphatic rings. The number of aromatic nitrogens is 2. The summed E-state index contributed by atoms with van der Waals surface area (Å²) < 4.78 is 15.5. The van der Waals surface area contributed by atoms with E-state index in [2.05, 4.69) is 10.1 Å². The van der Waals surface area contributed by atoms with Crippen LogP contribution in [0, 0.1) is 0 Å². The van der Waals surface area contributed by atoms with Gasteiger partial charge in [-0.1, -0.05) is 19.0 Å². The lowest BCUT2D eigenvalue weighted by Gasteiger charge is -2.05. The molecule has 2 aromatic rings. The Balaban J connectivity index is 1.92. The number of nitrogens with zero attached hydrogens (tertiary/aromatic N) is 2. The van der Waals surface area contributed by atoms with Gasteiger partial charge in [-0.25, -0.2) is 4.79 Å². The number of ether oxygens (including phenoxy) is 2. The van der Waals surface area contributed by atoms with Gasteiger partial charge in [0.1, 0.15) is 5.75 Å². The minimum absolute atomic E-state index is 0.190. The van der Waals surface area contributed by atoms with Gasteiger partial charge in [-0.2, -0.15) is 4.98 Å². The maximum Gasteiger partial charge on any atom is 0.338 e. The van der Waals surface area contributed by atoms with Gasteiger partial charge >= 0.3 is 5.97 Å². The maximum atomic E-state index is 11.5. The van der Waals surface area contributed by atoms with Crippen LogP contribution in [0.25, 0.3) is 0 Å². The zero-order valence-electron chi connectivity index (χ0n) is 12.3.